The molecule has 0 aromatic heterocycles. The van der Waals surface area contributed by atoms with Crippen molar-refractivity contribution in [1.82, 2.24) is 0 Å². The first-order chi connectivity index (χ1) is 24.8. The third-order valence-electron chi connectivity index (χ3n) is 7.45. The Kier molecular flexibility index (Phi) is 13.2. The topological polar surface area (TPSA) is 112 Å². The van der Waals surface area contributed by atoms with Crippen molar-refractivity contribution in [2.24, 2.45) is 0 Å². The number of hydrogen-bond donors (Lipinski definition) is 2. The summed E-state index contributed by atoms with van der Waals surface area (Å²) in [6.45, 7) is 10.6. The summed E-state index contributed by atoms with van der Waals surface area (Å²) < 4.78 is 58.7. The quantitative estimate of drug-likeness (QED) is 0.0846. The van der Waals surface area contributed by atoms with Crippen LogP contribution in [0.2, 0.25) is 0 Å². The van der Waals surface area contributed by atoms with Crippen LogP contribution in [-0.2, 0) is 15.9 Å². The van der Waals surface area contributed by atoms with Gasteiger partial charge < -0.3 is 18.9 Å². The second kappa shape index (κ2) is 17.3. The van der Waals surface area contributed by atoms with Gasteiger partial charge >= 0.3 is 24.3 Å². The molecule has 12 heteroatoms. The molecule has 4 rings (SSSR count). The monoisotopic (exact) mass is 734 g/mol. The van der Waals surface area contributed by atoms with E-state index in [0.29, 0.717) is 29.3 Å². The number of benzene rings is 4. The molecule has 0 unspecified atom stereocenters. The minimum atomic E-state index is -4.23. The van der Waals surface area contributed by atoms with E-state index in [2.05, 4.69) is 10.6 Å². The molecule has 53 heavy (non-hydrogen) atoms. The maximum atomic E-state index is 12.8. The first-order valence-corrected chi connectivity index (χ1v) is 17.1. The van der Waals surface area contributed by atoms with Gasteiger partial charge in [-0.25, -0.2) is 14.4 Å². The van der Waals surface area contributed by atoms with Crippen molar-refractivity contribution in [2.75, 3.05) is 17.2 Å². The standard InChI is InChI=1S/C41H45F3N2O7/c1-39(2,3)52-37(48)45-31-16-10-28(11-17-31)35(29-12-18-32(19-13-29)46-38(49)53-40(4,5)6)26-27-8-20-34(21-9-27)51-36(47)30-14-22-33(23-15-30)50-25-7-24-41(42,43)44/h8-23,35H,7,24-26H2,1-6H3,(H,45,48)(H,46,49). The SMILES string of the molecule is CC(C)(C)OC(=O)Nc1ccc(C(Cc2ccc(OC(=O)c3ccc(OCCCC(F)(F)F)cc3)cc2)c2ccc(NC(=O)OC(C)(C)C)cc2)cc1. The highest BCUT2D eigenvalue weighted by Gasteiger charge is 2.26. The average Bonchev–Trinajstić information content (AvgIpc) is 3.05. The Bertz CT molecular complexity index is 1740. The molecule has 0 aliphatic carbocycles. The van der Waals surface area contributed by atoms with Gasteiger partial charge in [0.2, 0.25) is 0 Å². The Morgan fingerprint density at radius 2 is 1.08 bits per heavy atom. The number of carbonyl (C=O) groups excluding carboxylic acids is 3. The highest BCUT2D eigenvalue weighted by molar-refractivity contribution is 5.91. The molecule has 0 saturated heterocycles. The van der Waals surface area contributed by atoms with Crippen LogP contribution in [0.4, 0.5) is 34.1 Å². The molecule has 0 atom stereocenters. The second-order valence-corrected chi connectivity index (χ2v) is 14.4. The molecule has 0 spiro atoms. The van der Waals surface area contributed by atoms with Gasteiger partial charge in [0.1, 0.15) is 22.7 Å². The zero-order valence-corrected chi connectivity index (χ0v) is 30.6. The Balaban J connectivity index is 1.45. The summed E-state index contributed by atoms with van der Waals surface area (Å²) in [5, 5.41) is 5.50. The highest BCUT2D eigenvalue weighted by atomic mass is 19.4. The molecule has 0 aliphatic rings. The van der Waals surface area contributed by atoms with E-state index in [9.17, 15) is 27.6 Å². The largest absolute Gasteiger partial charge is 0.494 e. The predicted octanol–water partition coefficient (Wildman–Crippen LogP) is 10.7. The first kappa shape index (κ1) is 40.3. The minimum absolute atomic E-state index is 0.0935. The smallest absolute Gasteiger partial charge is 0.412 e. The van der Waals surface area contributed by atoms with Crippen molar-refractivity contribution in [2.45, 2.75) is 84.1 Å². The fraction of sp³-hybridized carbons (Fsp3) is 0.341. The lowest BCUT2D eigenvalue weighted by Crippen LogP contribution is -2.27. The van der Waals surface area contributed by atoms with Gasteiger partial charge in [-0.1, -0.05) is 36.4 Å². The van der Waals surface area contributed by atoms with Crippen LogP contribution in [0.15, 0.2) is 97.1 Å². The molecular formula is C41H45F3N2O7. The summed E-state index contributed by atoms with van der Waals surface area (Å²) in [6, 6.07) is 28.1. The number of hydrogen-bond acceptors (Lipinski definition) is 7. The van der Waals surface area contributed by atoms with Gasteiger partial charge in [-0.15, -0.1) is 0 Å². The molecular weight excluding hydrogens is 689 g/mol. The molecule has 0 saturated carbocycles. The van der Waals surface area contributed by atoms with Crippen molar-refractivity contribution in [1.29, 1.82) is 0 Å². The Labute approximate surface area is 307 Å². The van der Waals surface area contributed by atoms with Gasteiger partial charge in [0.25, 0.3) is 0 Å². The normalized spacial score (nSPS) is 11.8. The Morgan fingerprint density at radius 3 is 1.51 bits per heavy atom. The number of rotatable bonds is 12. The average molecular weight is 735 g/mol. The zero-order valence-electron chi connectivity index (χ0n) is 30.6. The molecule has 282 valence electrons. The summed E-state index contributed by atoms with van der Waals surface area (Å²) in [6.07, 6.45) is -5.87. The maximum Gasteiger partial charge on any atom is 0.412 e. The maximum absolute atomic E-state index is 12.8. The molecule has 9 nitrogen and oxygen atoms in total. The minimum Gasteiger partial charge on any atom is -0.494 e. The van der Waals surface area contributed by atoms with Crippen LogP contribution < -0.4 is 20.1 Å². The van der Waals surface area contributed by atoms with Crippen molar-refractivity contribution in [3.63, 3.8) is 0 Å². The van der Waals surface area contributed by atoms with E-state index in [1.54, 1.807) is 77.9 Å². The molecule has 0 fully saturated rings. The summed E-state index contributed by atoms with van der Waals surface area (Å²) >= 11 is 0. The first-order valence-electron chi connectivity index (χ1n) is 17.1. The zero-order chi connectivity index (χ0) is 38.8. The van der Waals surface area contributed by atoms with Crippen LogP contribution in [0.1, 0.15) is 87.4 Å². The van der Waals surface area contributed by atoms with E-state index in [4.69, 9.17) is 18.9 Å². The van der Waals surface area contributed by atoms with E-state index >= 15 is 0 Å². The lowest BCUT2D eigenvalue weighted by atomic mass is 9.86. The lowest BCUT2D eigenvalue weighted by Gasteiger charge is -2.21. The molecule has 0 aliphatic heterocycles. The molecule has 2 N–H and O–H groups in total. The number of halogens is 3. The van der Waals surface area contributed by atoms with Crippen LogP contribution in [0.5, 0.6) is 11.5 Å². The number of carbonyl (C=O) groups is 3. The molecule has 0 heterocycles. The van der Waals surface area contributed by atoms with Crippen molar-refractivity contribution < 1.29 is 46.5 Å². The molecule has 4 aromatic rings. The summed E-state index contributed by atoms with van der Waals surface area (Å²) in [5.74, 6) is -0.0494. The summed E-state index contributed by atoms with van der Waals surface area (Å²) in [4.78, 5) is 37.4. The van der Waals surface area contributed by atoms with Gasteiger partial charge in [0, 0.05) is 23.7 Å². The van der Waals surface area contributed by atoms with E-state index in [1.165, 1.54) is 24.3 Å². The number of ether oxygens (including phenoxy) is 4. The predicted molar refractivity (Wildman–Crippen MR) is 197 cm³/mol. The van der Waals surface area contributed by atoms with Crippen LogP contribution in [0.3, 0.4) is 0 Å². The van der Waals surface area contributed by atoms with E-state index in [0.717, 1.165) is 16.7 Å². The fourth-order valence-corrected chi connectivity index (χ4v) is 5.11. The van der Waals surface area contributed by atoms with Crippen molar-refractivity contribution in [3.05, 3.63) is 119 Å². The number of anilines is 2. The van der Waals surface area contributed by atoms with Crippen LogP contribution in [-0.4, -0.2) is 42.1 Å². The molecule has 0 bridgehead atoms. The van der Waals surface area contributed by atoms with Crippen LogP contribution in [0.25, 0.3) is 0 Å². The number of amides is 2. The highest BCUT2D eigenvalue weighted by Crippen LogP contribution is 2.32. The van der Waals surface area contributed by atoms with Gasteiger partial charge in [0.15, 0.2) is 0 Å². The van der Waals surface area contributed by atoms with E-state index in [-0.39, 0.29) is 24.5 Å². The van der Waals surface area contributed by atoms with Gasteiger partial charge in [-0.2, -0.15) is 13.2 Å². The van der Waals surface area contributed by atoms with Crippen LogP contribution >= 0.6 is 0 Å². The molecule has 0 radical (unpaired) electrons. The fourth-order valence-electron chi connectivity index (χ4n) is 5.11. The van der Waals surface area contributed by atoms with Gasteiger partial charge in [-0.3, -0.25) is 10.6 Å². The lowest BCUT2D eigenvalue weighted by molar-refractivity contribution is -0.136. The number of esters is 1. The third kappa shape index (κ3) is 14.2. The van der Waals surface area contributed by atoms with Crippen LogP contribution in [0, 0.1) is 0 Å². The van der Waals surface area contributed by atoms with Crippen molar-refractivity contribution >= 4 is 29.5 Å². The van der Waals surface area contributed by atoms with Gasteiger partial charge in [0.05, 0.1) is 12.2 Å². The Morgan fingerprint density at radius 1 is 0.623 bits per heavy atom. The van der Waals surface area contributed by atoms with E-state index in [1.807, 2.05) is 36.4 Å². The Hall–Kier alpha value is -5.52. The van der Waals surface area contributed by atoms with Gasteiger partial charge in [-0.05, 0) is 132 Å². The second-order valence-electron chi connectivity index (χ2n) is 14.4. The summed E-state index contributed by atoms with van der Waals surface area (Å²) in [7, 11) is 0. The number of nitrogens with one attached hydrogen (secondary N) is 2. The van der Waals surface area contributed by atoms with Crippen molar-refractivity contribution in [3.8, 4) is 11.5 Å². The molecule has 2 amide bonds. The third-order valence-corrected chi connectivity index (χ3v) is 7.45. The number of alkyl halides is 3. The summed E-state index contributed by atoms with van der Waals surface area (Å²) in [5.41, 5.74) is 3.02. The molecule has 4 aromatic carbocycles. The van der Waals surface area contributed by atoms with E-state index < -0.39 is 42.0 Å².